The normalized spacial score (nSPS) is 15.1. The van der Waals surface area contributed by atoms with Crippen LogP contribution in [0.2, 0.25) is 0 Å². The first kappa shape index (κ1) is 18.4. The van der Waals surface area contributed by atoms with Gasteiger partial charge in [-0.15, -0.1) is 0 Å². The van der Waals surface area contributed by atoms with E-state index in [0.717, 1.165) is 5.56 Å². The Morgan fingerprint density at radius 1 is 1.15 bits per heavy atom. The van der Waals surface area contributed by atoms with Gasteiger partial charge in [-0.25, -0.2) is 0 Å². The summed E-state index contributed by atoms with van der Waals surface area (Å²) in [5.74, 6) is 0.234. The summed E-state index contributed by atoms with van der Waals surface area (Å²) in [6.45, 7) is 3.52. The second-order valence-electron chi connectivity index (χ2n) is 5.93. The van der Waals surface area contributed by atoms with E-state index in [1.54, 1.807) is 38.1 Å². The molecule has 3 rings (SSSR count). The van der Waals surface area contributed by atoms with E-state index in [1.165, 1.54) is 12.1 Å². The van der Waals surface area contributed by atoms with Crippen LogP contribution in [0.3, 0.4) is 0 Å². The van der Waals surface area contributed by atoms with Crippen LogP contribution in [0, 0.1) is 0 Å². The van der Waals surface area contributed by atoms with E-state index in [9.17, 15) is 9.59 Å². The number of hydrogen-bond donors (Lipinski definition) is 0. The number of carbonyl (C=O) groups excluding carboxylic acids is 2. The Morgan fingerprint density at radius 3 is 2.56 bits per heavy atom. The Labute approximate surface area is 157 Å². The zero-order valence-electron chi connectivity index (χ0n) is 15.4. The Morgan fingerprint density at radius 2 is 1.89 bits per heavy atom. The van der Waals surface area contributed by atoms with Crippen molar-refractivity contribution in [1.29, 1.82) is 0 Å². The zero-order chi connectivity index (χ0) is 19.4. The summed E-state index contributed by atoms with van der Waals surface area (Å²) in [5.41, 5.74) is 2.59. The van der Waals surface area contributed by atoms with E-state index in [1.807, 2.05) is 30.3 Å². The standard InChI is InChI=1S/C21H20N2O4/c1-4-20(24)27-18-11-10-15(13-19(18)26-3)12-17-14(2)22-23(21(17)25)16-8-6-5-7-9-16/h5-13H,4H2,1-3H3/b17-12-. The van der Waals surface area contributed by atoms with Crippen LogP contribution in [0.15, 0.2) is 59.2 Å². The van der Waals surface area contributed by atoms with Gasteiger partial charge in [0, 0.05) is 6.42 Å². The topological polar surface area (TPSA) is 68.2 Å². The lowest BCUT2D eigenvalue weighted by molar-refractivity contribution is -0.134. The number of benzene rings is 2. The number of anilines is 1. The molecule has 1 aliphatic heterocycles. The first-order chi connectivity index (χ1) is 13.0. The zero-order valence-corrected chi connectivity index (χ0v) is 15.4. The first-order valence-electron chi connectivity index (χ1n) is 8.59. The minimum Gasteiger partial charge on any atom is -0.493 e. The predicted octanol–water partition coefficient (Wildman–Crippen LogP) is 3.82. The Kier molecular flexibility index (Phi) is 5.35. The van der Waals surface area contributed by atoms with Crippen molar-refractivity contribution in [3.8, 4) is 11.5 Å². The first-order valence-corrected chi connectivity index (χ1v) is 8.59. The molecule has 0 fully saturated rings. The number of hydrogen-bond acceptors (Lipinski definition) is 5. The summed E-state index contributed by atoms with van der Waals surface area (Å²) in [7, 11) is 1.50. The number of carbonyl (C=O) groups is 2. The fourth-order valence-electron chi connectivity index (χ4n) is 2.65. The summed E-state index contributed by atoms with van der Waals surface area (Å²) < 4.78 is 10.6. The van der Waals surface area contributed by atoms with Gasteiger partial charge in [0.1, 0.15) is 0 Å². The lowest BCUT2D eigenvalue weighted by Gasteiger charge is -2.11. The van der Waals surface area contributed by atoms with Crippen LogP contribution < -0.4 is 14.5 Å². The summed E-state index contributed by atoms with van der Waals surface area (Å²) in [4.78, 5) is 24.3. The fourth-order valence-corrected chi connectivity index (χ4v) is 2.65. The molecule has 1 heterocycles. The average Bonchev–Trinajstić information content (AvgIpc) is 2.97. The van der Waals surface area contributed by atoms with Gasteiger partial charge in [0.05, 0.1) is 24.1 Å². The monoisotopic (exact) mass is 364 g/mol. The van der Waals surface area contributed by atoms with Crippen LogP contribution in [0.1, 0.15) is 25.8 Å². The molecule has 0 saturated heterocycles. The Hall–Kier alpha value is -3.41. The van der Waals surface area contributed by atoms with Crippen LogP contribution in [0.4, 0.5) is 5.69 Å². The van der Waals surface area contributed by atoms with Gasteiger partial charge < -0.3 is 9.47 Å². The minimum atomic E-state index is -0.341. The van der Waals surface area contributed by atoms with Crippen molar-refractivity contribution < 1.29 is 19.1 Å². The molecule has 1 amide bonds. The fraction of sp³-hybridized carbons (Fsp3) is 0.190. The third-order valence-corrected chi connectivity index (χ3v) is 4.07. The van der Waals surface area contributed by atoms with Crippen molar-refractivity contribution in [2.75, 3.05) is 12.1 Å². The van der Waals surface area contributed by atoms with E-state index in [2.05, 4.69) is 5.10 Å². The van der Waals surface area contributed by atoms with Crippen molar-refractivity contribution in [2.45, 2.75) is 20.3 Å². The van der Waals surface area contributed by atoms with Crippen LogP contribution in [-0.2, 0) is 9.59 Å². The van der Waals surface area contributed by atoms with Gasteiger partial charge in [-0.1, -0.05) is 31.2 Å². The third kappa shape index (κ3) is 3.89. The highest BCUT2D eigenvalue weighted by Crippen LogP contribution is 2.30. The lowest BCUT2D eigenvalue weighted by Crippen LogP contribution is -2.21. The van der Waals surface area contributed by atoms with Gasteiger partial charge in [0.2, 0.25) is 0 Å². The largest absolute Gasteiger partial charge is 0.493 e. The third-order valence-electron chi connectivity index (χ3n) is 4.07. The van der Waals surface area contributed by atoms with E-state index < -0.39 is 0 Å². The Balaban J connectivity index is 1.89. The molecule has 0 saturated carbocycles. The molecule has 6 nitrogen and oxygen atoms in total. The van der Waals surface area contributed by atoms with Crippen molar-refractivity contribution in [3.63, 3.8) is 0 Å². The number of methoxy groups -OCH3 is 1. The molecule has 0 atom stereocenters. The van der Waals surface area contributed by atoms with Crippen molar-refractivity contribution in [3.05, 3.63) is 59.7 Å². The van der Waals surface area contributed by atoms with Gasteiger partial charge in [-0.2, -0.15) is 10.1 Å². The summed E-state index contributed by atoms with van der Waals surface area (Å²) in [6.07, 6.45) is 2.02. The summed E-state index contributed by atoms with van der Waals surface area (Å²) in [5, 5.41) is 5.74. The highest BCUT2D eigenvalue weighted by molar-refractivity contribution is 6.32. The predicted molar refractivity (Wildman–Crippen MR) is 104 cm³/mol. The number of para-hydroxylation sites is 1. The molecular formula is C21H20N2O4. The molecule has 1 aliphatic rings. The molecule has 0 aliphatic carbocycles. The number of hydrazone groups is 1. The highest BCUT2D eigenvalue weighted by atomic mass is 16.6. The molecule has 138 valence electrons. The van der Waals surface area contributed by atoms with Gasteiger partial charge in [-0.3, -0.25) is 9.59 Å². The van der Waals surface area contributed by atoms with Crippen molar-refractivity contribution in [2.24, 2.45) is 5.10 Å². The molecule has 0 unspecified atom stereocenters. The molecule has 2 aromatic rings. The summed E-state index contributed by atoms with van der Waals surface area (Å²) >= 11 is 0. The van der Waals surface area contributed by atoms with E-state index in [4.69, 9.17) is 9.47 Å². The molecule has 0 bridgehead atoms. The molecule has 2 aromatic carbocycles. The molecular weight excluding hydrogens is 344 g/mol. The second-order valence-corrected chi connectivity index (χ2v) is 5.93. The maximum Gasteiger partial charge on any atom is 0.311 e. The Bertz CT molecular complexity index is 932. The molecule has 0 radical (unpaired) electrons. The highest BCUT2D eigenvalue weighted by Gasteiger charge is 2.28. The minimum absolute atomic E-state index is 0.195. The van der Waals surface area contributed by atoms with Gasteiger partial charge in [0.15, 0.2) is 11.5 Å². The van der Waals surface area contributed by atoms with E-state index in [0.29, 0.717) is 28.5 Å². The van der Waals surface area contributed by atoms with Gasteiger partial charge in [-0.05, 0) is 42.8 Å². The van der Waals surface area contributed by atoms with Crippen LogP contribution in [-0.4, -0.2) is 24.7 Å². The number of rotatable bonds is 5. The maximum absolute atomic E-state index is 12.8. The maximum atomic E-state index is 12.8. The smallest absolute Gasteiger partial charge is 0.311 e. The number of ether oxygens (including phenoxy) is 2. The lowest BCUT2D eigenvalue weighted by atomic mass is 10.1. The van der Waals surface area contributed by atoms with E-state index in [-0.39, 0.29) is 18.3 Å². The molecule has 0 N–H and O–H groups in total. The number of nitrogens with zero attached hydrogens (tertiary/aromatic N) is 2. The molecule has 0 aromatic heterocycles. The molecule has 27 heavy (non-hydrogen) atoms. The van der Waals surface area contributed by atoms with Crippen LogP contribution in [0.25, 0.3) is 6.08 Å². The van der Waals surface area contributed by atoms with Gasteiger partial charge in [0.25, 0.3) is 5.91 Å². The molecule has 6 heteroatoms. The van der Waals surface area contributed by atoms with Crippen molar-refractivity contribution in [1.82, 2.24) is 0 Å². The van der Waals surface area contributed by atoms with Crippen LogP contribution >= 0.6 is 0 Å². The van der Waals surface area contributed by atoms with Gasteiger partial charge >= 0.3 is 5.97 Å². The van der Waals surface area contributed by atoms with Crippen molar-refractivity contribution >= 4 is 29.4 Å². The van der Waals surface area contributed by atoms with E-state index >= 15 is 0 Å². The van der Waals surface area contributed by atoms with Crippen LogP contribution in [0.5, 0.6) is 11.5 Å². The molecule has 0 spiro atoms. The SMILES string of the molecule is CCC(=O)Oc1ccc(/C=C2\C(=O)N(c3ccccc3)N=C2C)cc1OC. The number of esters is 1. The summed E-state index contributed by atoms with van der Waals surface area (Å²) in [6, 6.07) is 14.4. The average molecular weight is 364 g/mol. The number of amides is 1. The quantitative estimate of drug-likeness (QED) is 0.459. The second kappa shape index (κ2) is 7.86.